The van der Waals surface area contributed by atoms with Crippen LogP contribution in [0.3, 0.4) is 0 Å². The van der Waals surface area contributed by atoms with Crippen molar-refractivity contribution < 1.29 is 9.35 Å². The van der Waals surface area contributed by atoms with Crippen molar-refractivity contribution in [3.05, 3.63) is 24.5 Å². The van der Waals surface area contributed by atoms with Crippen LogP contribution in [0.4, 0.5) is 5.00 Å². The van der Waals surface area contributed by atoms with Crippen LogP contribution in [0.5, 0.6) is 0 Å². The molecule has 1 N–H and O–H groups in total. The number of anilines is 1. The minimum Gasteiger partial charge on any atom is -0.617 e. The van der Waals surface area contributed by atoms with Gasteiger partial charge >= 0.3 is 0 Å². The molecular weight excluding hydrogens is 293 g/mol. The zero-order chi connectivity index (χ0) is 14.5. The molecule has 0 aromatic carbocycles. The van der Waals surface area contributed by atoms with Crippen LogP contribution in [-0.2, 0) is 16.0 Å². The zero-order valence-corrected chi connectivity index (χ0v) is 12.9. The van der Waals surface area contributed by atoms with E-state index in [1.54, 1.807) is 18.6 Å². The van der Waals surface area contributed by atoms with E-state index in [0.29, 0.717) is 5.75 Å². The molecule has 2 rings (SSSR count). The van der Waals surface area contributed by atoms with E-state index in [2.05, 4.69) is 15.3 Å². The lowest BCUT2D eigenvalue weighted by Gasteiger charge is -2.05. The normalized spacial score (nSPS) is 12.1. The van der Waals surface area contributed by atoms with Crippen molar-refractivity contribution in [2.75, 3.05) is 17.3 Å². The van der Waals surface area contributed by atoms with Crippen LogP contribution in [0.15, 0.2) is 24.5 Å². The van der Waals surface area contributed by atoms with Crippen LogP contribution in [0.25, 0.3) is 10.6 Å². The van der Waals surface area contributed by atoms with Crippen molar-refractivity contribution in [1.29, 1.82) is 0 Å². The maximum absolute atomic E-state index is 11.7. The number of pyridine rings is 1. The summed E-state index contributed by atoms with van der Waals surface area (Å²) < 4.78 is 11.0. The van der Waals surface area contributed by atoms with Gasteiger partial charge in [-0.2, -0.15) is 0 Å². The van der Waals surface area contributed by atoms with Crippen LogP contribution in [0.2, 0.25) is 0 Å². The fourth-order valence-corrected chi connectivity index (χ4v) is 3.00. The van der Waals surface area contributed by atoms with Gasteiger partial charge in [-0.05, 0) is 12.1 Å². The second kappa shape index (κ2) is 6.87. The van der Waals surface area contributed by atoms with Crippen LogP contribution in [-0.4, -0.2) is 40.3 Å². The molecule has 0 aliphatic rings. The van der Waals surface area contributed by atoms with E-state index < -0.39 is 11.2 Å². The second-order valence-electron chi connectivity index (χ2n) is 4.25. The van der Waals surface area contributed by atoms with Crippen molar-refractivity contribution in [2.24, 2.45) is 0 Å². The number of carbonyl (C=O) groups is 1. The lowest BCUT2D eigenvalue weighted by molar-refractivity contribution is -0.115. The molecule has 0 spiro atoms. The highest BCUT2D eigenvalue weighted by atomic mass is 32.2. The number of nitrogens with zero attached hydrogens (tertiary/aromatic N) is 2. The average Bonchev–Trinajstić information content (AvgIpc) is 2.79. The first-order valence-electron chi connectivity index (χ1n) is 6.04. The molecule has 1 atom stereocenters. The predicted molar refractivity (Wildman–Crippen MR) is 85.7 cm³/mol. The van der Waals surface area contributed by atoms with E-state index in [9.17, 15) is 9.35 Å². The standard InChI is InChI=1S/C12H14BN3O2S2/c1-20(18)6-4-9(17)15-12-10(13)16-11(19-12)8-3-2-5-14-7-8/h2-3,5,7H,4,6,13H2,1H3,(H,15,17). The first kappa shape index (κ1) is 15.0. The van der Waals surface area contributed by atoms with Crippen LogP contribution in [0, 0.1) is 0 Å². The van der Waals surface area contributed by atoms with Gasteiger partial charge in [0.2, 0.25) is 5.91 Å². The molecule has 0 radical (unpaired) electrons. The summed E-state index contributed by atoms with van der Waals surface area (Å²) in [5.74, 6) is 0.240. The van der Waals surface area contributed by atoms with E-state index in [4.69, 9.17) is 0 Å². The fraction of sp³-hybridized carbons (Fsp3) is 0.250. The number of nitrogens with one attached hydrogen (secondary N) is 1. The molecule has 8 heteroatoms. The predicted octanol–water partition coefficient (Wildman–Crippen LogP) is 0.171. The molecule has 1 unspecified atom stereocenters. The molecular formula is C12H14BN3O2S2. The Labute approximate surface area is 125 Å². The van der Waals surface area contributed by atoms with Crippen LogP contribution >= 0.6 is 11.3 Å². The molecule has 0 fully saturated rings. The van der Waals surface area contributed by atoms with Gasteiger partial charge in [-0.15, -0.1) is 0 Å². The molecule has 104 valence electrons. The van der Waals surface area contributed by atoms with Crippen LogP contribution in [0.1, 0.15) is 6.42 Å². The second-order valence-corrected chi connectivity index (χ2v) is 6.80. The van der Waals surface area contributed by atoms with Gasteiger partial charge in [0.1, 0.15) is 15.8 Å². The van der Waals surface area contributed by atoms with Gasteiger partial charge in [0.25, 0.3) is 0 Å². The van der Waals surface area contributed by atoms with Gasteiger partial charge < -0.3 is 9.87 Å². The Hall–Kier alpha value is -1.38. The summed E-state index contributed by atoms with van der Waals surface area (Å²) >= 11 is 0.461. The molecule has 2 heterocycles. The van der Waals surface area contributed by atoms with Gasteiger partial charge in [0, 0.05) is 23.6 Å². The van der Waals surface area contributed by atoms with E-state index >= 15 is 0 Å². The fourth-order valence-electron chi connectivity index (χ4n) is 1.55. The smallest absolute Gasteiger partial charge is 0.229 e. The lowest BCUT2D eigenvalue weighted by atomic mass is 10.1. The third-order valence-corrected chi connectivity index (χ3v) is 4.48. The number of amides is 1. The number of hydrogen-bond donors (Lipinski definition) is 1. The molecule has 0 saturated carbocycles. The quantitative estimate of drug-likeness (QED) is 0.631. The van der Waals surface area contributed by atoms with E-state index in [0.717, 1.165) is 21.2 Å². The number of aromatic nitrogens is 2. The van der Waals surface area contributed by atoms with E-state index in [-0.39, 0.29) is 12.3 Å². The summed E-state index contributed by atoms with van der Waals surface area (Å²) in [4.78, 5) is 20.2. The van der Waals surface area contributed by atoms with Crippen molar-refractivity contribution in [2.45, 2.75) is 6.42 Å². The first-order chi connectivity index (χ1) is 9.56. The summed E-state index contributed by atoms with van der Waals surface area (Å²) in [7, 11) is 1.85. The Morgan fingerprint density at radius 3 is 3.05 bits per heavy atom. The molecule has 2 aromatic heterocycles. The maximum Gasteiger partial charge on any atom is 0.229 e. The van der Waals surface area contributed by atoms with Gasteiger partial charge in [-0.1, -0.05) is 22.5 Å². The van der Waals surface area contributed by atoms with E-state index in [1.807, 2.05) is 20.0 Å². The summed E-state index contributed by atoms with van der Waals surface area (Å²) in [6, 6.07) is 3.78. The average molecular weight is 307 g/mol. The topological polar surface area (TPSA) is 77.9 Å². The summed E-state index contributed by atoms with van der Waals surface area (Å²) in [5, 5.41) is 4.37. The molecule has 20 heavy (non-hydrogen) atoms. The molecule has 1 amide bonds. The van der Waals surface area contributed by atoms with E-state index in [1.165, 1.54) is 11.3 Å². The summed E-state index contributed by atoms with van der Waals surface area (Å²) in [6.45, 7) is 0. The van der Waals surface area contributed by atoms with Gasteiger partial charge in [-0.25, -0.2) is 4.98 Å². The summed E-state index contributed by atoms with van der Waals surface area (Å²) in [5.41, 5.74) is 1.70. The highest BCUT2D eigenvalue weighted by molar-refractivity contribution is 7.90. The highest BCUT2D eigenvalue weighted by Gasteiger charge is 2.13. The SMILES string of the molecule is Bc1nc(-c2cccnc2)sc1NC(=O)CC[S+](C)[O-]. The zero-order valence-electron chi connectivity index (χ0n) is 11.3. The molecule has 0 aliphatic heterocycles. The molecule has 0 bridgehead atoms. The maximum atomic E-state index is 11.7. The number of rotatable bonds is 5. The Morgan fingerprint density at radius 1 is 1.60 bits per heavy atom. The van der Waals surface area contributed by atoms with Crippen molar-refractivity contribution >= 4 is 46.9 Å². The third-order valence-electron chi connectivity index (χ3n) is 2.57. The molecule has 0 saturated heterocycles. The molecule has 0 aliphatic carbocycles. The third kappa shape index (κ3) is 4.06. The van der Waals surface area contributed by atoms with Crippen molar-refractivity contribution in [3.8, 4) is 10.6 Å². The Balaban J connectivity index is 2.07. The largest absolute Gasteiger partial charge is 0.617 e. The Kier molecular flexibility index (Phi) is 5.16. The van der Waals surface area contributed by atoms with Crippen LogP contribution < -0.4 is 10.9 Å². The molecule has 5 nitrogen and oxygen atoms in total. The van der Waals surface area contributed by atoms with Gasteiger partial charge in [0.15, 0.2) is 7.85 Å². The number of carbonyl (C=O) groups excluding carboxylic acids is 1. The minimum absolute atomic E-state index is 0.135. The minimum atomic E-state index is -0.955. The monoisotopic (exact) mass is 307 g/mol. The summed E-state index contributed by atoms with van der Waals surface area (Å²) in [6.07, 6.45) is 5.29. The number of thiazole rings is 1. The number of hydrogen-bond acceptors (Lipinski definition) is 5. The van der Waals surface area contributed by atoms with Gasteiger partial charge in [-0.3, -0.25) is 9.78 Å². The lowest BCUT2D eigenvalue weighted by Crippen LogP contribution is -2.20. The van der Waals surface area contributed by atoms with Crippen molar-refractivity contribution in [1.82, 2.24) is 9.97 Å². The first-order valence-corrected chi connectivity index (χ1v) is 8.58. The Morgan fingerprint density at radius 2 is 2.40 bits per heavy atom. The molecule has 2 aromatic rings. The Bertz CT molecular complexity index is 590. The van der Waals surface area contributed by atoms with Crippen molar-refractivity contribution in [3.63, 3.8) is 0 Å². The van der Waals surface area contributed by atoms with Gasteiger partial charge in [0.05, 0.1) is 12.7 Å². The highest BCUT2D eigenvalue weighted by Crippen LogP contribution is 2.26.